The molecule has 97 valence electrons. The van der Waals surface area contributed by atoms with E-state index in [-0.39, 0.29) is 11.9 Å². The summed E-state index contributed by atoms with van der Waals surface area (Å²) in [6.45, 7) is 2.10. The SMILES string of the molecule is CCOC(=O)c1ccc(NC(=O)[C]2[CH][CH][CH][CH]2)cc1. The lowest BCUT2D eigenvalue weighted by Crippen LogP contribution is -2.19. The summed E-state index contributed by atoms with van der Waals surface area (Å²) in [6.07, 6.45) is 7.09. The minimum atomic E-state index is -0.364. The van der Waals surface area contributed by atoms with Crippen LogP contribution in [0.2, 0.25) is 0 Å². The number of esters is 1. The number of carbonyl (C=O) groups is 2. The molecule has 0 aromatic heterocycles. The second-order valence-electron chi connectivity index (χ2n) is 3.93. The van der Waals surface area contributed by atoms with Gasteiger partial charge in [-0.15, -0.1) is 0 Å². The Morgan fingerprint density at radius 2 is 1.74 bits per heavy atom. The zero-order valence-corrected chi connectivity index (χ0v) is 10.6. The van der Waals surface area contributed by atoms with E-state index < -0.39 is 0 Å². The maximum atomic E-state index is 11.8. The monoisotopic (exact) mass is 256 g/mol. The molecule has 1 aliphatic carbocycles. The Bertz CT molecular complexity index is 447. The highest BCUT2D eigenvalue weighted by Gasteiger charge is 2.24. The fourth-order valence-corrected chi connectivity index (χ4v) is 1.63. The van der Waals surface area contributed by atoms with Crippen molar-refractivity contribution in [2.75, 3.05) is 11.9 Å². The molecule has 1 amide bonds. The number of nitrogens with one attached hydrogen (secondary N) is 1. The van der Waals surface area contributed by atoms with E-state index in [0.29, 0.717) is 23.8 Å². The Labute approximate surface area is 113 Å². The molecular formula is C15H14NO3. The molecule has 1 aromatic carbocycles. The van der Waals surface area contributed by atoms with Crippen LogP contribution < -0.4 is 5.32 Å². The van der Waals surface area contributed by atoms with Crippen LogP contribution in [0, 0.1) is 31.6 Å². The topological polar surface area (TPSA) is 55.4 Å². The van der Waals surface area contributed by atoms with E-state index in [2.05, 4.69) is 5.32 Å². The van der Waals surface area contributed by atoms with Gasteiger partial charge >= 0.3 is 5.97 Å². The van der Waals surface area contributed by atoms with Gasteiger partial charge in [0.05, 0.1) is 18.1 Å². The lowest BCUT2D eigenvalue weighted by Gasteiger charge is -2.09. The van der Waals surface area contributed by atoms with E-state index in [1.807, 2.05) is 0 Å². The zero-order valence-electron chi connectivity index (χ0n) is 10.6. The van der Waals surface area contributed by atoms with Crippen molar-refractivity contribution in [3.8, 4) is 0 Å². The standard InChI is InChI=1S/C15H14NO3/c1-2-19-15(18)12-7-9-13(10-8-12)16-14(17)11-5-3-4-6-11/h3-10H,2H2,1H3,(H,16,17). The van der Waals surface area contributed by atoms with Crippen LogP contribution >= 0.6 is 0 Å². The molecule has 0 spiro atoms. The molecule has 0 saturated heterocycles. The third-order valence-corrected chi connectivity index (χ3v) is 2.58. The molecule has 1 aromatic rings. The normalized spacial score (nSPS) is 15.2. The first-order chi connectivity index (χ1) is 9.20. The van der Waals surface area contributed by atoms with Crippen LogP contribution in [0.15, 0.2) is 24.3 Å². The smallest absolute Gasteiger partial charge is 0.338 e. The molecule has 1 saturated carbocycles. The number of benzene rings is 1. The number of hydrogen-bond donors (Lipinski definition) is 1. The van der Waals surface area contributed by atoms with Crippen molar-refractivity contribution in [1.29, 1.82) is 0 Å². The van der Waals surface area contributed by atoms with Crippen molar-refractivity contribution in [2.24, 2.45) is 0 Å². The number of rotatable bonds is 4. The summed E-state index contributed by atoms with van der Waals surface area (Å²) in [6, 6.07) is 6.59. The maximum Gasteiger partial charge on any atom is 0.338 e. The van der Waals surface area contributed by atoms with Gasteiger partial charge in [-0.2, -0.15) is 0 Å². The zero-order chi connectivity index (χ0) is 13.7. The first-order valence-corrected chi connectivity index (χ1v) is 6.01. The van der Waals surface area contributed by atoms with Gasteiger partial charge in [-0.3, -0.25) is 4.79 Å². The fraction of sp³-hybridized carbons (Fsp3) is 0.133. The van der Waals surface area contributed by atoms with Crippen LogP contribution in [-0.2, 0) is 9.53 Å². The minimum Gasteiger partial charge on any atom is -0.462 e. The molecule has 0 atom stereocenters. The van der Waals surface area contributed by atoms with E-state index in [9.17, 15) is 9.59 Å². The molecule has 4 heteroatoms. The van der Waals surface area contributed by atoms with Crippen LogP contribution in [0.4, 0.5) is 5.69 Å². The molecule has 2 rings (SSSR count). The summed E-state index contributed by atoms with van der Waals surface area (Å²) in [5.41, 5.74) is 1.10. The highest BCUT2D eigenvalue weighted by Crippen LogP contribution is 2.24. The van der Waals surface area contributed by atoms with Gasteiger partial charge in [0.25, 0.3) is 0 Å². The Morgan fingerprint density at radius 3 is 2.32 bits per heavy atom. The van der Waals surface area contributed by atoms with Gasteiger partial charge in [-0.25, -0.2) is 4.79 Å². The van der Waals surface area contributed by atoms with E-state index in [4.69, 9.17) is 4.74 Å². The third kappa shape index (κ3) is 3.56. The Hall–Kier alpha value is -1.84. The maximum absolute atomic E-state index is 11.8. The molecule has 1 fully saturated rings. The van der Waals surface area contributed by atoms with Crippen LogP contribution in [0.25, 0.3) is 0 Å². The van der Waals surface area contributed by atoms with Crippen LogP contribution in [0.3, 0.4) is 0 Å². The highest BCUT2D eigenvalue weighted by atomic mass is 16.5. The second kappa shape index (κ2) is 6.36. The van der Waals surface area contributed by atoms with E-state index >= 15 is 0 Å². The number of hydrogen-bond acceptors (Lipinski definition) is 3. The Balaban J connectivity index is 1.94. The largest absolute Gasteiger partial charge is 0.462 e. The van der Waals surface area contributed by atoms with E-state index in [1.165, 1.54) is 0 Å². The fourth-order valence-electron chi connectivity index (χ4n) is 1.63. The molecule has 0 unspecified atom stereocenters. The Kier molecular flexibility index (Phi) is 4.55. The second-order valence-corrected chi connectivity index (χ2v) is 3.93. The Morgan fingerprint density at radius 1 is 1.11 bits per heavy atom. The molecule has 1 N–H and O–H groups in total. The summed E-state index contributed by atoms with van der Waals surface area (Å²) in [5, 5.41) is 2.75. The van der Waals surface area contributed by atoms with Crippen molar-refractivity contribution in [1.82, 2.24) is 0 Å². The van der Waals surface area contributed by atoms with Gasteiger partial charge in [0.15, 0.2) is 0 Å². The summed E-state index contributed by atoms with van der Waals surface area (Å²) in [4.78, 5) is 23.2. The summed E-state index contributed by atoms with van der Waals surface area (Å²) in [7, 11) is 0. The van der Waals surface area contributed by atoms with Crippen molar-refractivity contribution in [2.45, 2.75) is 6.92 Å². The van der Waals surface area contributed by atoms with Gasteiger partial charge < -0.3 is 10.1 Å². The van der Waals surface area contributed by atoms with Crippen molar-refractivity contribution in [3.05, 3.63) is 61.4 Å². The first kappa shape index (κ1) is 13.6. The molecule has 0 heterocycles. The summed E-state index contributed by atoms with van der Waals surface area (Å²) in [5.74, 6) is 0.0692. The number of ether oxygens (including phenoxy) is 1. The van der Waals surface area contributed by atoms with E-state index in [0.717, 1.165) is 0 Å². The molecule has 19 heavy (non-hydrogen) atoms. The summed E-state index contributed by atoms with van der Waals surface area (Å²) >= 11 is 0. The average Bonchev–Trinajstić information content (AvgIpc) is 2.94. The minimum absolute atomic E-state index is 0.172. The lowest BCUT2D eigenvalue weighted by atomic mass is 10.1. The van der Waals surface area contributed by atoms with Gasteiger partial charge in [0.2, 0.25) is 5.91 Å². The third-order valence-electron chi connectivity index (χ3n) is 2.58. The number of carbonyl (C=O) groups excluding carboxylic acids is 2. The van der Waals surface area contributed by atoms with Crippen LogP contribution in [0.5, 0.6) is 0 Å². The van der Waals surface area contributed by atoms with Gasteiger partial charge in [-0.1, -0.05) is 0 Å². The molecule has 1 aliphatic rings. The summed E-state index contributed by atoms with van der Waals surface area (Å²) < 4.78 is 4.88. The highest BCUT2D eigenvalue weighted by molar-refractivity contribution is 6.05. The van der Waals surface area contributed by atoms with Gasteiger partial charge in [0, 0.05) is 5.69 Å². The van der Waals surface area contributed by atoms with Gasteiger partial charge in [-0.05, 0) is 56.9 Å². The average molecular weight is 256 g/mol. The van der Waals surface area contributed by atoms with Gasteiger partial charge in [0.1, 0.15) is 0 Å². The predicted octanol–water partition coefficient (Wildman–Crippen LogP) is 2.21. The molecule has 0 aliphatic heterocycles. The molecular weight excluding hydrogens is 242 g/mol. The van der Waals surface area contributed by atoms with Crippen LogP contribution in [-0.4, -0.2) is 18.5 Å². The number of amides is 1. The van der Waals surface area contributed by atoms with Crippen LogP contribution in [0.1, 0.15) is 17.3 Å². The first-order valence-electron chi connectivity index (χ1n) is 6.01. The molecule has 4 nitrogen and oxygen atoms in total. The quantitative estimate of drug-likeness (QED) is 0.840. The lowest BCUT2D eigenvalue weighted by molar-refractivity contribution is -0.113. The van der Waals surface area contributed by atoms with Crippen molar-refractivity contribution >= 4 is 17.6 Å². The van der Waals surface area contributed by atoms with Crippen molar-refractivity contribution < 1.29 is 14.3 Å². The van der Waals surface area contributed by atoms with E-state index in [1.54, 1.807) is 56.9 Å². The number of anilines is 1. The molecule has 0 bridgehead atoms. The van der Waals surface area contributed by atoms with Crippen molar-refractivity contribution in [3.63, 3.8) is 0 Å². The molecule has 5 radical (unpaired) electrons. The predicted molar refractivity (Wildman–Crippen MR) is 71.5 cm³/mol.